The third-order valence-corrected chi connectivity index (χ3v) is 4.45. The van der Waals surface area contributed by atoms with Gasteiger partial charge >= 0.3 is 0 Å². The van der Waals surface area contributed by atoms with E-state index in [1.807, 2.05) is 29.2 Å². The second-order valence-electron chi connectivity index (χ2n) is 6.40. The summed E-state index contributed by atoms with van der Waals surface area (Å²) in [5.74, 6) is -0.317. The first-order valence-corrected chi connectivity index (χ1v) is 8.66. The summed E-state index contributed by atoms with van der Waals surface area (Å²) in [6, 6.07) is 13.8. The van der Waals surface area contributed by atoms with E-state index in [0.29, 0.717) is 19.5 Å². The first-order chi connectivity index (χ1) is 12.5. The molecule has 2 aromatic carbocycles. The largest absolute Gasteiger partial charge is 0.368 e. The van der Waals surface area contributed by atoms with Crippen molar-refractivity contribution in [2.45, 2.75) is 13.3 Å². The lowest BCUT2D eigenvalue weighted by atomic mass is 10.1. The first kappa shape index (κ1) is 17.9. The molecule has 6 heteroatoms. The van der Waals surface area contributed by atoms with Crippen molar-refractivity contribution in [3.05, 3.63) is 59.9 Å². The molecule has 3 rings (SSSR count). The fourth-order valence-corrected chi connectivity index (χ4v) is 3.06. The van der Waals surface area contributed by atoms with Crippen LogP contribution in [0.15, 0.2) is 48.5 Å². The average Bonchev–Trinajstić information content (AvgIpc) is 2.64. The highest BCUT2D eigenvalue weighted by atomic mass is 19.1. The minimum absolute atomic E-state index is 0.0669. The molecule has 26 heavy (non-hydrogen) atoms. The Kier molecular flexibility index (Phi) is 5.51. The molecule has 1 fully saturated rings. The van der Waals surface area contributed by atoms with Crippen LogP contribution in [0.3, 0.4) is 0 Å². The van der Waals surface area contributed by atoms with Gasteiger partial charge in [0.1, 0.15) is 5.82 Å². The molecule has 2 amide bonds. The number of carbonyl (C=O) groups excluding carboxylic acids is 2. The van der Waals surface area contributed by atoms with Gasteiger partial charge in [-0.05, 0) is 42.0 Å². The van der Waals surface area contributed by atoms with E-state index in [9.17, 15) is 14.0 Å². The van der Waals surface area contributed by atoms with Gasteiger partial charge in [-0.15, -0.1) is 0 Å². The van der Waals surface area contributed by atoms with E-state index in [0.717, 1.165) is 30.0 Å². The van der Waals surface area contributed by atoms with Crippen molar-refractivity contribution in [2.75, 3.05) is 36.4 Å². The van der Waals surface area contributed by atoms with Crippen LogP contribution in [-0.2, 0) is 16.0 Å². The molecule has 0 spiro atoms. The number of anilines is 2. The number of hydrogen-bond acceptors (Lipinski definition) is 3. The van der Waals surface area contributed by atoms with Gasteiger partial charge < -0.3 is 15.1 Å². The lowest BCUT2D eigenvalue weighted by Gasteiger charge is -2.36. The zero-order valence-electron chi connectivity index (χ0n) is 14.7. The lowest BCUT2D eigenvalue weighted by Crippen LogP contribution is -2.49. The number of amides is 2. The Morgan fingerprint density at radius 2 is 1.58 bits per heavy atom. The molecule has 0 bridgehead atoms. The maximum absolute atomic E-state index is 12.9. The number of carbonyl (C=O) groups is 2. The summed E-state index contributed by atoms with van der Waals surface area (Å²) in [5.41, 5.74) is 2.67. The molecule has 2 aromatic rings. The molecule has 0 aromatic heterocycles. The van der Waals surface area contributed by atoms with Gasteiger partial charge in [0.05, 0.1) is 6.42 Å². The summed E-state index contributed by atoms with van der Waals surface area (Å²) in [4.78, 5) is 27.6. The Morgan fingerprint density at radius 1 is 0.962 bits per heavy atom. The summed E-state index contributed by atoms with van der Waals surface area (Å²) < 4.78 is 12.9. The number of hydrogen-bond donors (Lipinski definition) is 1. The molecule has 1 heterocycles. The summed E-state index contributed by atoms with van der Waals surface area (Å²) in [6.45, 7) is 4.32. The van der Waals surface area contributed by atoms with Crippen LogP contribution in [0.2, 0.25) is 0 Å². The Morgan fingerprint density at radius 3 is 2.15 bits per heavy atom. The van der Waals surface area contributed by atoms with Gasteiger partial charge in [0, 0.05) is 44.5 Å². The van der Waals surface area contributed by atoms with Crippen LogP contribution in [-0.4, -0.2) is 42.9 Å². The van der Waals surface area contributed by atoms with Crippen LogP contribution in [0.1, 0.15) is 12.5 Å². The van der Waals surface area contributed by atoms with Crippen molar-refractivity contribution in [3.8, 4) is 0 Å². The maximum Gasteiger partial charge on any atom is 0.227 e. The SMILES string of the molecule is CC(=O)Nc1ccc(N2CCN(C(=O)Cc3ccc(F)cc3)CC2)cc1. The molecule has 1 N–H and O–H groups in total. The molecule has 0 unspecified atom stereocenters. The predicted octanol–water partition coefficient (Wildman–Crippen LogP) is 2.68. The van der Waals surface area contributed by atoms with E-state index < -0.39 is 0 Å². The molecule has 136 valence electrons. The van der Waals surface area contributed by atoms with Gasteiger partial charge in [0.2, 0.25) is 11.8 Å². The normalized spacial score (nSPS) is 14.2. The van der Waals surface area contributed by atoms with Crippen molar-refractivity contribution >= 4 is 23.2 Å². The Balaban J connectivity index is 1.52. The fourth-order valence-electron chi connectivity index (χ4n) is 3.06. The average molecular weight is 355 g/mol. The Hall–Kier alpha value is -2.89. The van der Waals surface area contributed by atoms with Gasteiger partial charge in [-0.25, -0.2) is 4.39 Å². The van der Waals surface area contributed by atoms with Gasteiger partial charge in [-0.1, -0.05) is 12.1 Å². The minimum atomic E-state index is -0.292. The summed E-state index contributed by atoms with van der Waals surface area (Å²) in [7, 11) is 0. The number of piperazine rings is 1. The third-order valence-electron chi connectivity index (χ3n) is 4.45. The van der Waals surface area contributed by atoms with Crippen molar-refractivity contribution in [1.82, 2.24) is 4.90 Å². The van der Waals surface area contributed by atoms with E-state index in [4.69, 9.17) is 0 Å². The van der Waals surface area contributed by atoms with E-state index in [-0.39, 0.29) is 17.6 Å². The number of benzene rings is 2. The molecule has 1 aliphatic rings. The van der Waals surface area contributed by atoms with Crippen LogP contribution in [0.4, 0.5) is 15.8 Å². The van der Waals surface area contributed by atoms with Gasteiger partial charge in [-0.3, -0.25) is 9.59 Å². The topological polar surface area (TPSA) is 52.7 Å². The molecule has 0 saturated carbocycles. The van der Waals surface area contributed by atoms with Crippen LogP contribution >= 0.6 is 0 Å². The van der Waals surface area contributed by atoms with Crippen LogP contribution in [0.25, 0.3) is 0 Å². The molecule has 1 aliphatic heterocycles. The van der Waals surface area contributed by atoms with Gasteiger partial charge in [0.25, 0.3) is 0 Å². The highest BCUT2D eigenvalue weighted by Gasteiger charge is 2.21. The molecule has 1 saturated heterocycles. The standard InChI is InChI=1S/C20H22FN3O2/c1-15(25)22-18-6-8-19(9-7-18)23-10-12-24(13-11-23)20(26)14-16-2-4-17(21)5-3-16/h2-9H,10-14H2,1H3,(H,22,25). The smallest absolute Gasteiger partial charge is 0.227 e. The van der Waals surface area contributed by atoms with Crippen LogP contribution < -0.4 is 10.2 Å². The van der Waals surface area contributed by atoms with E-state index >= 15 is 0 Å². The zero-order chi connectivity index (χ0) is 18.5. The van der Waals surface area contributed by atoms with E-state index in [2.05, 4.69) is 10.2 Å². The highest BCUT2D eigenvalue weighted by molar-refractivity contribution is 5.88. The number of nitrogens with one attached hydrogen (secondary N) is 1. The second kappa shape index (κ2) is 7.99. The molecule has 0 atom stereocenters. The first-order valence-electron chi connectivity index (χ1n) is 8.66. The summed E-state index contributed by atoms with van der Waals surface area (Å²) >= 11 is 0. The van der Waals surface area contributed by atoms with Crippen molar-refractivity contribution in [2.24, 2.45) is 0 Å². The zero-order valence-corrected chi connectivity index (χ0v) is 14.7. The predicted molar refractivity (Wildman–Crippen MR) is 99.6 cm³/mol. The monoisotopic (exact) mass is 355 g/mol. The minimum Gasteiger partial charge on any atom is -0.368 e. The molecule has 0 aliphatic carbocycles. The Bertz CT molecular complexity index is 767. The summed E-state index contributed by atoms with van der Waals surface area (Å²) in [5, 5.41) is 2.75. The van der Waals surface area contributed by atoms with Crippen molar-refractivity contribution < 1.29 is 14.0 Å². The Labute approximate surface area is 152 Å². The highest BCUT2D eigenvalue weighted by Crippen LogP contribution is 2.20. The third kappa shape index (κ3) is 4.59. The molecule has 0 radical (unpaired) electrons. The van der Waals surface area contributed by atoms with Crippen LogP contribution in [0, 0.1) is 5.82 Å². The number of nitrogens with zero attached hydrogens (tertiary/aromatic N) is 2. The molecular weight excluding hydrogens is 333 g/mol. The number of halogens is 1. The number of rotatable bonds is 4. The lowest BCUT2D eigenvalue weighted by molar-refractivity contribution is -0.130. The molecular formula is C20H22FN3O2. The quantitative estimate of drug-likeness (QED) is 0.917. The fraction of sp³-hybridized carbons (Fsp3) is 0.300. The van der Waals surface area contributed by atoms with Crippen LogP contribution in [0.5, 0.6) is 0 Å². The van der Waals surface area contributed by atoms with Gasteiger partial charge in [-0.2, -0.15) is 0 Å². The van der Waals surface area contributed by atoms with E-state index in [1.165, 1.54) is 19.1 Å². The second-order valence-corrected chi connectivity index (χ2v) is 6.40. The molecule has 5 nitrogen and oxygen atoms in total. The maximum atomic E-state index is 12.9. The van der Waals surface area contributed by atoms with Gasteiger partial charge in [0.15, 0.2) is 0 Å². The van der Waals surface area contributed by atoms with Crippen molar-refractivity contribution in [3.63, 3.8) is 0 Å². The summed E-state index contributed by atoms with van der Waals surface area (Å²) in [6.07, 6.45) is 0.297. The van der Waals surface area contributed by atoms with E-state index in [1.54, 1.807) is 12.1 Å². The van der Waals surface area contributed by atoms with Crippen molar-refractivity contribution in [1.29, 1.82) is 0 Å².